The van der Waals surface area contributed by atoms with Gasteiger partial charge in [-0.1, -0.05) is 49.4 Å². The Hall–Kier alpha value is -4.42. The van der Waals surface area contributed by atoms with Gasteiger partial charge in [-0.3, -0.25) is 0 Å². The molecule has 0 saturated heterocycles. The fourth-order valence-corrected chi connectivity index (χ4v) is 4.88. The van der Waals surface area contributed by atoms with E-state index < -0.39 is 16.4 Å². The van der Waals surface area contributed by atoms with Gasteiger partial charge < -0.3 is 24.6 Å². The summed E-state index contributed by atoms with van der Waals surface area (Å²) in [6.45, 7) is 4.61. The topological polar surface area (TPSA) is 152 Å². The Morgan fingerprint density at radius 2 is 1.85 bits per heavy atom. The molecule has 0 amide bonds. The molecule has 210 valence electrons. The van der Waals surface area contributed by atoms with Gasteiger partial charge in [-0.15, -0.1) is 4.40 Å². The lowest BCUT2D eigenvalue weighted by molar-refractivity contribution is 0.144. The van der Waals surface area contributed by atoms with Crippen molar-refractivity contribution < 1.29 is 23.1 Å². The Kier molecular flexibility index (Phi) is 8.40. The van der Waals surface area contributed by atoms with Crippen LogP contribution >= 0.6 is 0 Å². The summed E-state index contributed by atoms with van der Waals surface area (Å²) >= 11 is 0. The van der Waals surface area contributed by atoms with E-state index in [1.54, 1.807) is 26.2 Å². The highest BCUT2D eigenvalue weighted by molar-refractivity contribution is 7.88. The first kappa shape index (κ1) is 28.6. The van der Waals surface area contributed by atoms with E-state index in [0.29, 0.717) is 17.8 Å². The molecule has 0 saturated carbocycles. The number of anilines is 1. The number of carbonyl (C=O) groups is 1. The van der Waals surface area contributed by atoms with Gasteiger partial charge in [0.1, 0.15) is 11.6 Å². The van der Waals surface area contributed by atoms with Crippen LogP contribution in [0.3, 0.4) is 0 Å². The normalized spacial score (nSPS) is 12.0. The van der Waals surface area contributed by atoms with Gasteiger partial charge in [-0.25, -0.2) is 14.9 Å². The summed E-state index contributed by atoms with van der Waals surface area (Å²) in [5.74, 6) is 1.30. The molecule has 0 bridgehead atoms. The highest BCUT2D eigenvalue weighted by Gasteiger charge is 2.16. The van der Waals surface area contributed by atoms with Gasteiger partial charge in [0.15, 0.2) is 0 Å². The zero-order valence-corrected chi connectivity index (χ0v) is 23.6. The first-order valence-corrected chi connectivity index (χ1v) is 14.1. The molecule has 0 spiro atoms. The highest BCUT2D eigenvalue weighted by Crippen LogP contribution is 2.31. The molecular weight excluding hydrogens is 532 g/mol. The first-order valence-electron chi connectivity index (χ1n) is 12.6. The molecule has 4 N–H and O–H groups in total. The van der Waals surface area contributed by atoms with Crippen LogP contribution in [0.1, 0.15) is 30.3 Å². The number of carboxylic acid groups (broad SMARTS) is 1. The Balaban J connectivity index is 1.72. The molecule has 0 unspecified atom stereocenters. The van der Waals surface area contributed by atoms with Gasteiger partial charge in [-0.2, -0.15) is 8.42 Å². The third-order valence-corrected chi connectivity index (χ3v) is 6.61. The lowest BCUT2D eigenvalue weighted by Crippen LogP contribution is -2.31. The maximum absolute atomic E-state index is 11.6. The summed E-state index contributed by atoms with van der Waals surface area (Å²) in [6, 6.07) is 18.7. The van der Waals surface area contributed by atoms with Crippen LogP contribution in [0, 0.1) is 6.92 Å². The predicted octanol–water partition coefficient (Wildman–Crippen LogP) is 4.60. The summed E-state index contributed by atoms with van der Waals surface area (Å²) in [6.07, 6.45) is 0.334. The average Bonchev–Trinajstić information content (AvgIpc) is 3.21. The summed E-state index contributed by atoms with van der Waals surface area (Å²) in [7, 11) is -0.759. The van der Waals surface area contributed by atoms with Crippen LogP contribution in [0.4, 0.5) is 10.5 Å². The molecule has 11 nitrogen and oxygen atoms in total. The quantitative estimate of drug-likeness (QED) is 0.121. The van der Waals surface area contributed by atoms with E-state index in [4.69, 9.17) is 20.0 Å². The maximum Gasteiger partial charge on any atom is 0.511 e. The number of hydrogen-bond donors (Lipinski definition) is 3. The highest BCUT2D eigenvalue weighted by atomic mass is 32.2. The Morgan fingerprint density at radius 1 is 1.15 bits per heavy atom. The van der Waals surface area contributed by atoms with Gasteiger partial charge in [-0.05, 0) is 48.2 Å². The predicted molar refractivity (Wildman–Crippen MR) is 156 cm³/mol. The zero-order valence-electron chi connectivity index (χ0n) is 22.7. The SMILES string of the molecule is CCCc1nc2c(C)cc(NC(=NS(N)(=O)=O)N(C)C)cc2n1Cc1ccc(-c2ccccc2OC(=O)O)cc1. The maximum atomic E-state index is 11.6. The molecule has 12 heteroatoms. The van der Waals surface area contributed by atoms with Crippen LogP contribution < -0.4 is 15.2 Å². The van der Waals surface area contributed by atoms with Crippen LogP contribution in [0.25, 0.3) is 22.2 Å². The van der Waals surface area contributed by atoms with E-state index in [-0.39, 0.29) is 11.7 Å². The molecule has 0 atom stereocenters. The molecule has 0 radical (unpaired) electrons. The van der Waals surface area contributed by atoms with E-state index in [0.717, 1.165) is 46.4 Å². The van der Waals surface area contributed by atoms with E-state index >= 15 is 0 Å². The van der Waals surface area contributed by atoms with Crippen molar-refractivity contribution in [2.75, 3.05) is 19.4 Å². The minimum absolute atomic E-state index is 0.0869. The van der Waals surface area contributed by atoms with Gasteiger partial charge in [0.2, 0.25) is 5.96 Å². The number of aryl methyl sites for hydroxylation is 2. The van der Waals surface area contributed by atoms with Crippen molar-refractivity contribution in [2.24, 2.45) is 9.54 Å². The van der Waals surface area contributed by atoms with E-state index in [1.807, 2.05) is 55.5 Å². The molecule has 0 aliphatic carbocycles. The second-order valence-electron chi connectivity index (χ2n) is 9.54. The van der Waals surface area contributed by atoms with Gasteiger partial charge in [0.05, 0.1) is 11.0 Å². The smallest absolute Gasteiger partial charge is 0.449 e. The lowest BCUT2D eigenvalue weighted by atomic mass is 10.0. The minimum Gasteiger partial charge on any atom is -0.449 e. The monoisotopic (exact) mass is 564 g/mol. The molecule has 1 heterocycles. The summed E-state index contributed by atoms with van der Waals surface area (Å²) < 4.78 is 33.9. The number of fused-ring (bicyclic) bond motifs is 1. The number of hydrogen-bond acceptors (Lipinski definition) is 5. The van der Waals surface area contributed by atoms with Crippen LogP contribution in [-0.2, 0) is 23.2 Å². The standard InChI is InChI=1S/C28H32N6O5S/c1-5-8-25-31-26-18(2)15-21(30-27(33(3)4)32-40(29,37)38)16-23(26)34(25)17-19-11-13-20(14-12-19)22-9-6-7-10-24(22)39-28(35)36/h6-7,9-16H,5,8,17H2,1-4H3,(H,30,32)(H,35,36)(H2,29,37,38). The number of para-hydroxylation sites is 1. The third-order valence-electron chi connectivity index (χ3n) is 6.18. The molecule has 0 fully saturated rings. The van der Waals surface area contributed by atoms with Crippen molar-refractivity contribution in [3.8, 4) is 16.9 Å². The number of benzene rings is 3. The van der Waals surface area contributed by atoms with Crippen molar-refractivity contribution in [3.63, 3.8) is 0 Å². The molecular formula is C28H32N6O5S. The Labute approximate surface area is 233 Å². The molecule has 1 aromatic heterocycles. The van der Waals surface area contributed by atoms with E-state index in [9.17, 15) is 13.2 Å². The van der Waals surface area contributed by atoms with Crippen molar-refractivity contribution in [3.05, 3.63) is 77.6 Å². The minimum atomic E-state index is -4.10. The first-order chi connectivity index (χ1) is 18.9. The lowest BCUT2D eigenvalue weighted by Gasteiger charge is -2.17. The molecule has 0 aliphatic heterocycles. The number of ether oxygens (including phenoxy) is 1. The number of nitrogens with two attached hydrogens (primary N) is 1. The number of nitrogens with one attached hydrogen (secondary N) is 1. The molecule has 40 heavy (non-hydrogen) atoms. The molecule has 4 rings (SSSR count). The van der Waals surface area contributed by atoms with Gasteiger partial charge in [0, 0.05) is 38.3 Å². The molecule has 0 aliphatic rings. The second kappa shape index (κ2) is 11.8. The number of aromatic nitrogens is 2. The second-order valence-corrected chi connectivity index (χ2v) is 10.7. The molecule has 3 aromatic carbocycles. The fraction of sp³-hybridized carbons (Fsp3) is 0.250. The van der Waals surface area contributed by atoms with Crippen LogP contribution in [0.2, 0.25) is 0 Å². The van der Waals surface area contributed by atoms with Gasteiger partial charge >= 0.3 is 16.4 Å². The van der Waals surface area contributed by atoms with E-state index in [1.165, 1.54) is 4.90 Å². The van der Waals surface area contributed by atoms with Crippen molar-refractivity contribution >= 4 is 39.0 Å². The fourth-order valence-electron chi connectivity index (χ4n) is 4.43. The summed E-state index contributed by atoms with van der Waals surface area (Å²) in [5, 5.41) is 17.3. The van der Waals surface area contributed by atoms with Crippen molar-refractivity contribution in [1.29, 1.82) is 0 Å². The average molecular weight is 565 g/mol. The van der Waals surface area contributed by atoms with Crippen LogP contribution in [-0.4, -0.2) is 54.2 Å². The summed E-state index contributed by atoms with van der Waals surface area (Å²) in [4.78, 5) is 17.6. The number of imidazole rings is 1. The van der Waals surface area contributed by atoms with Crippen molar-refractivity contribution in [2.45, 2.75) is 33.2 Å². The number of nitrogens with zero attached hydrogens (tertiary/aromatic N) is 4. The van der Waals surface area contributed by atoms with Crippen LogP contribution in [0.5, 0.6) is 5.75 Å². The van der Waals surface area contributed by atoms with E-state index in [2.05, 4.69) is 21.2 Å². The summed E-state index contributed by atoms with van der Waals surface area (Å²) in [5.41, 5.74) is 5.87. The van der Waals surface area contributed by atoms with Gasteiger partial charge in [0.25, 0.3) is 0 Å². The number of rotatable bonds is 8. The largest absolute Gasteiger partial charge is 0.511 e. The Bertz CT molecular complexity index is 1680. The molecule has 4 aromatic rings. The third kappa shape index (κ3) is 6.77. The van der Waals surface area contributed by atoms with Crippen LogP contribution in [0.15, 0.2) is 65.1 Å². The van der Waals surface area contributed by atoms with Crippen molar-refractivity contribution in [1.82, 2.24) is 14.5 Å². The number of guanidine groups is 1. The Morgan fingerprint density at radius 3 is 2.48 bits per heavy atom. The zero-order chi connectivity index (χ0) is 29.0.